The van der Waals surface area contributed by atoms with Crippen molar-refractivity contribution in [3.05, 3.63) is 30.5 Å². The molecular weight excluding hydrogens is 294 g/mol. The zero-order chi connectivity index (χ0) is 15.0. The van der Waals surface area contributed by atoms with Crippen molar-refractivity contribution < 1.29 is 22.7 Å². The van der Waals surface area contributed by atoms with Gasteiger partial charge in [-0.15, -0.1) is 0 Å². The third-order valence-electron chi connectivity index (χ3n) is 3.76. The van der Waals surface area contributed by atoms with E-state index in [0.29, 0.717) is 23.8 Å². The van der Waals surface area contributed by atoms with Gasteiger partial charge in [0.2, 0.25) is 10.0 Å². The Morgan fingerprint density at radius 2 is 2.05 bits per heavy atom. The summed E-state index contributed by atoms with van der Waals surface area (Å²) >= 11 is 0. The minimum atomic E-state index is -3.65. The molecule has 2 aromatic rings. The maximum Gasteiger partial charge on any atom is 0.303 e. The topological polar surface area (TPSA) is 96.6 Å². The van der Waals surface area contributed by atoms with Crippen molar-refractivity contribution in [2.75, 3.05) is 0 Å². The van der Waals surface area contributed by atoms with Crippen molar-refractivity contribution >= 4 is 27.0 Å². The van der Waals surface area contributed by atoms with E-state index in [2.05, 4.69) is 4.72 Å². The van der Waals surface area contributed by atoms with Gasteiger partial charge in [0.25, 0.3) is 0 Å². The van der Waals surface area contributed by atoms with E-state index >= 15 is 0 Å². The first-order valence-corrected chi connectivity index (χ1v) is 8.14. The lowest BCUT2D eigenvalue weighted by Crippen LogP contribution is -2.44. The normalized spacial score (nSPS) is 22.1. The molecule has 1 saturated carbocycles. The molecule has 2 N–H and O–H groups in total. The molecule has 0 saturated heterocycles. The summed E-state index contributed by atoms with van der Waals surface area (Å²) in [7, 11) is -3.65. The Balaban J connectivity index is 1.72. The fourth-order valence-corrected chi connectivity index (χ4v) is 4.08. The number of carbonyl (C=O) groups is 1. The van der Waals surface area contributed by atoms with Crippen LogP contribution in [0, 0.1) is 5.92 Å². The Morgan fingerprint density at radius 1 is 1.33 bits per heavy atom. The summed E-state index contributed by atoms with van der Waals surface area (Å²) in [5.41, 5.74) is 0.523. The number of benzene rings is 1. The van der Waals surface area contributed by atoms with Gasteiger partial charge in [0.05, 0.1) is 0 Å². The second-order valence-corrected chi connectivity index (χ2v) is 7.03. The van der Waals surface area contributed by atoms with Crippen molar-refractivity contribution in [1.82, 2.24) is 4.72 Å². The number of para-hydroxylation sites is 1. The van der Waals surface area contributed by atoms with Crippen LogP contribution in [0.4, 0.5) is 0 Å². The van der Waals surface area contributed by atoms with Gasteiger partial charge >= 0.3 is 5.97 Å². The maximum atomic E-state index is 12.4. The summed E-state index contributed by atoms with van der Waals surface area (Å²) in [5.74, 6) is -0.793. The molecular formula is C14H15NO5S. The Kier molecular flexibility index (Phi) is 3.46. The standard InChI is InChI=1S/C14H15NO5S/c16-14(17)7-9-5-10(6-9)15-21(18,19)13-8-20-12-4-2-1-3-11(12)13/h1-4,8-10,15H,5-7H2,(H,16,17). The Morgan fingerprint density at radius 3 is 2.76 bits per heavy atom. The first kappa shape index (κ1) is 14.1. The third kappa shape index (κ3) is 2.79. The number of sulfonamides is 1. The molecule has 1 aromatic carbocycles. The molecule has 0 aliphatic heterocycles. The summed E-state index contributed by atoms with van der Waals surface area (Å²) in [5, 5.41) is 9.23. The number of carboxylic acids is 1. The van der Waals surface area contributed by atoms with Gasteiger partial charge in [0, 0.05) is 17.8 Å². The second-order valence-electron chi connectivity index (χ2n) is 5.35. The number of nitrogens with one attached hydrogen (secondary N) is 1. The van der Waals surface area contributed by atoms with Crippen molar-refractivity contribution in [1.29, 1.82) is 0 Å². The van der Waals surface area contributed by atoms with Crippen molar-refractivity contribution in [3.63, 3.8) is 0 Å². The van der Waals surface area contributed by atoms with E-state index in [-0.39, 0.29) is 23.3 Å². The fourth-order valence-electron chi connectivity index (χ4n) is 2.69. The van der Waals surface area contributed by atoms with Crippen LogP contribution in [0.2, 0.25) is 0 Å². The summed E-state index contributed by atoms with van der Waals surface area (Å²) in [6.07, 6.45) is 2.44. The summed E-state index contributed by atoms with van der Waals surface area (Å²) in [6, 6.07) is 6.73. The Hall–Kier alpha value is -1.86. The molecule has 0 bridgehead atoms. The average molecular weight is 309 g/mol. The minimum Gasteiger partial charge on any atom is -0.481 e. The van der Waals surface area contributed by atoms with Crippen LogP contribution in [-0.2, 0) is 14.8 Å². The van der Waals surface area contributed by atoms with E-state index in [9.17, 15) is 13.2 Å². The fraction of sp³-hybridized carbons (Fsp3) is 0.357. The lowest BCUT2D eigenvalue weighted by molar-refractivity contribution is -0.138. The van der Waals surface area contributed by atoms with Crippen LogP contribution in [0.5, 0.6) is 0 Å². The molecule has 0 spiro atoms. The maximum absolute atomic E-state index is 12.4. The molecule has 112 valence electrons. The van der Waals surface area contributed by atoms with Crippen LogP contribution in [0.15, 0.2) is 39.8 Å². The first-order valence-electron chi connectivity index (χ1n) is 6.66. The highest BCUT2D eigenvalue weighted by Gasteiger charge is 2.34. The van der Waals surface area contributed by atoms with E-state index in [4.69, 9.17) is 9.52 Å². The largest absolute Gasteiger partial charge is 0.481 e. The summed E-state index contributed by atoms with van der Waals surface area (Å²) in [6.45, 7) is 0. The van der Waals surface area contributed by atoms with E-state index in [1.165, 1.54) is 6.26 Å². The number of fused-ring (bicyclic) bond motifs is 1. The Labute approximate surface area is 121 Å². The number of furan rings is 1. The van der Waals surface area contributed by atoms with Gasteiger partial charge in [-0.2, -0.15) is 0 Å². The molecule has 0 amide bonds. The molecule has 3 rings (SSSR count). The molecule has 0 radical (unpaired) electrons. The van der Waals surface area contributed by atoms with Crippen molar-refractivity contribution in [3.8, 4) is 0 Å². The molecule has 1 aromatic heterocycles. The SMILES string of the molecule is O=C(O)CC1CC(NS(=O)(=O)c2coc3ccccc23)C1. The first-order chi connectivity index (χ1) is 9.95. The molecule has 21 heavy (non-hydrogen) atoms. The van der Waals surface area contributed by atoms with E-state index in [1.807, 2.05) is 0 Å². The second kappa shape index (κ2) is 5.16. The predicted molar refractivity (Wildman–Crippen MR) is 75.3 cm³/mol. The highest BCUT2D eigenvalue weighted by atomic mass is 32.2. The minimum absolute atomic E-state index is 0.0521. The van der Waals surface area contributed by atoms with Crippen molar-refractivity contribution in [2.45, 2.75) is 30.2 Å². The van der Waals surface area contributed by atoms with Gasteiger partial charge in [-0.05, 0) is 30.9 Å². The lowest BCUT2D eigenvalue weighted by atomic mass is 9.79. The Bertz CT molecular complexity index is 774. The van der Waals surface area contributed by atoms with Crippen LogP contribution in [0.25, 0.3) is 11.0 Å². The molecule has 1 aliphatic carbocycles. The lowest BCUT2D eigenvalue weighted by Gasteiger charge is -2.34. The molecule has 1 aliphatic rings. The highest BCUT2D eigenvalue weighted by molar-refractivity contribution is 7.89. The number of aliphatic carboxylic acids is 1. The van der Waals surface area contributed by atoms with E-state index in [1.54, 1.807) is 24.3 Å². The zero-order valence-electron chi connectivity index (χ0n) is 11.2. The van der Waals surface area contributed by atoms with E-state index < -0.39 is 16.0 Å². The zero-order valence-corrected chi connectivity index (χ0v) is 12.0. The van der Waals surface area contributed by atoms with Gasteiger partial charge in [-0.25, -0.2) is 13.1 Å². The smallest absolute Gasteiger partial charge is 0.303 e. The van der Waals surface area contributed by atoms with Gasteiger partial charge < -0.3 is 9.52 Å². The highest BCUT2D eigenvalue weighted by Crippen LogP contribution is 2.32. The monoisotopic (exact) mass is 309 g/mol. The molecule has 7 heteroatoms. The average Bonchev–Trinajstić information content (AvgIpc) is 2.80. The van der Waals surface area contributed by atoms with Gasteiger partial charge in [-0.1, -0.05) is 12.1 Å². The van der Waals surface area contributed by atoms with Crippen LogP contribution < -0.4 is 4.72 Å². The van der Waals surface area contributed by atoms with E-state index in [0.717, 1.165) is 0 Å². The molecule has 0 atom stereocenters. The number of rotatable bonds is 5. The van der Waals surface area contributed by atoms with Crippen molar-refractivity contribution in [2.24, 2.45) is 5.92 Å². The summed E-state index contributed by atoms with van der Waals surface area (Å²) < 4.78 is 32.6. The van der Waals surface area contributed by atoms with Gasteiger partial charge in [-0.3, -0.25) is 4.79 Å². The molecule has 6 nitrogen and oxygen atoms in total. The van der Waals surface area contributed by atoms with Crippen LogP contribution >= 0.6 is 0 Å². The third-order valence-corrected chi connectivity index (χ3v) is 5.29. The molecule has 1 fully saturated rings. The number of hydrogen-bond donors (Lipinski definition) is 2. The predicted octanol–water partition coefficient (Wildman–Crippen LogP) is 1.96. The van der Waals surface area contributed by atoms with Crippen LogP contribution in [-0.4, -0.2) is 25.5 Å². The van der Waals surface area contributed by atoms with Crippen LogP contribution in [0.3, 0.4) is 0 Å². The number of hydrogen-bond acceptors (Lipinski definition) is 4. The van der Waals surface area contributed by atoms with Gasteiger partial charge in [0.15, 0.2) is 0 Å². The quantitative estimate of drug-likeness (QED) is 0.880. The van der Waals surface area contributed by atoms with Gasteiger partial charge in [0.1, 0.15) is 16.7 Å². The number of carboxylic acid groups (broad SMARTS) is 1. The molecule has 0 unspecified atom stereocenters. The van der Waals surface area contributed by atoms with Crippen LogP contribution in [0.1, 0.15) is 19.3 Å². The molecule has 1 heterocycles. The summed E-state index contributed by atoms with van der Waals surface area (Å²) in [4.78, 5) is 10.7.